The van der Waals surface area contributed by atoms with Gasteiger partial charge in [0.15, 0.2) is 5.65 Å². The summed E-state index contributed by atoms with van der Waals surface area (Å²) in [5.41, 5.74) is 8.00. The lowest BCUT2D eigenvalue weighted by atomic mass is 9.89. The molecule has 12 heteroatoms. The number of ether oxygens (including phenoxy) is 2. The van der Waals surface area contributed by atoms with Crippen molar-refractivity contribution in [2.24, 2.45) is 0 Å². The predicted molar refractivity (Wildman–Crippen MR) is 125 cm³/mol. The van der Waals surface area contributed by atoms with Gasteiger partial charge in [-0.25, -0.2) is 9.97 Å². The number of amides is 1. The summed E-state index contributed by atoms with van der Waals surface area (Å²) in [6, 6.07) is 5.36. The zero-order valence-corrected chi connectivity index (χ0v) is 19.7. The highest BCUT2D eigenvalue weighted by atomic mass is 19.4. The number of nitrogen functional groups attached to an aromatic ring is 1. The van der Waals surface area contributed by atoms with Crippen LogP contribution < -0.4 is 15.8 Å². The number of morpholine rings is 1. The second-order valence-electron chi connectivity index (χ2n) is 9.30. The molecule has 5 rings (SSSR count). The van der Waals surface area contributed by atoms with E-state index in [1.54, 1.807) is 11.1 Å². The number of fused-ring (bicyclic) bond motifs is 1. The molecule has 2 saturated heterocycles. The van der Waals surface area contributed by atoms with Crippen molar-refractivity contribution in [3.05, 3.63) is 47.4 Å². The number of nitrogens with one attached hydrogen (secondary N) is 2. The van der Waals surface area contributed by atoms with Crippen LogP contribution >= 0.6 is 0 Å². The molecule has 36 heavy (non-hydrogen) atoms. The number of aromatic amines is 1. The van der Waals surface area contributed by atoms with Crippen molar-refractivity contribution in [3.8, 4) is 5.75 Å². The molecule has 4 N–H and O–H groups in total. The zero-order chi connectivity index (χ0) is 25.5. The van der Waals surface area contributed by atoms with Gasteiger partial charge >= 0.3 is 6.36 Å². The fraction of sp³-hybridized carbons (Fsp3) is 0.458. The first-order valence-electron chi connectivity index (χ1n) is 11.8. The number of rotatable bonds is 4. The van der Waals surface area contributed by atoms with Crippen molar-refractivity contribution in [1.82, 2.24) is 25.2 Å². The van der Waals surface area contributed by atoms with Crippen molar-refractivity contribution in [2.45, 2.75) is 37.6 Å². The highest BCUT2D eigenvalue weighted by Crippen LogP contribution is 2.35. The van der Waals surface area contributed by atoms with Gasteiger partial charge in [-0.05, 0) is 49.4 Å². The number of aromatic nitrogens is 3. The fourth-order valence-corrected chi connectivity index (χ4v) is 4.90. The molecular weight excluding hydrogens is 477 g/mol. The Morgan fingerprint density at radius 2 is 2.06 bits per heavy atom. The molecule has 0 saturated carbocycles. The molecule has 0 unspecified atom stereocenters. The molecular formula is C24H27F3N6O3. The number of nitrogens with two attached hydrogens (primary N) is 1. The summed E-state index contributed by atoms with van der Waals surface area (Å²) in [6.45, 7) is 5.01. The molecule has 2 aromatic heterocycles. The summed E-state index contributed by atoms with van der Waals surface area (Å²) in [5, 5.41) is 3.33. The minimum Gasteiger partial charge on any atom is -0.406 e. The molecule has 2 aliphatic rings. The van der Waals surface area contributed by atoms with E-state index in [0.29, 0.717) is 44.7 Å². The maximum absolute atomic E-state index is 13.0. The van der Waals surface area contributed by atoms with Crippen LogP contribution in [-0.2, 0) is 10.3 Å². The Hall–Kier alpha value is -3.38. The smallest absolute Gasteiger partial charge is 0.406 e. The summed E-state index contributed by atoms with van der Waals surface area (Å²) in [5.74, 6) is 0.138. The van der Waals surface area contributed by atoms with Gasteiger partial charge in [0.05, 0.1) is 17.7 Å². The summed E-state index contributed by atoms with van der Waals surface area (Å²) in [6.07, 6.45) is -1.66. The lowest BCUT2D eigenvalue weighted by molar-refractivity contribution is -0.274. The number of benzene rings is 1. The number of hydrogen-bond acceptors (Lipinski definition) is 7. The Morgan fingerprint density at radius 1 is 1.28 bits per heavy atom. The average Bonchev–Trinajstić information content (AvgIpc) is 3.29. The van der Waals surface area contributed by atoms with Crippen LogP contribution in [0.5, 0.6) is 5.75 Å². The quantitative estimate of drug-likeness (QED) is 0.467. The third-order valence-corrected chi connectivity index (χ3v) is 6.80. The number of carbonyl (C=O) groups excluding carboxylic acids is 1. The van der Waals surface area contributed by atoms with E-state index in [1.165, 1.54) is 6.07 Å². The monoisotopic (exact) mass is 504 g/mol. The summed E-state index contributed by atoms with van der Waals surface area (Å²) < 4.78 is 47.2. The number of pyridine rings is 1. The molecule has 2 fully saturated rings. The standard InChI is InChI=1S/C24H27F3N6O3/c1-23(13-29-8-11-35-23)22-31-19-16(4-7-30-20(19)32-22)14-5-9-33(10-6-14)21(34)17-3-2-15(12-18(17)28)36-24(25,26)27/h2-4,7,12,14,29H,5-6,8-11,13,28H2,1H3,(H,30,31,32)/t23-/m0/s1. The number of likely N-dealkylation sites (tertiary alicyclic amines) is 1. The molecule has 0 spiro atoms. The van der Waals surface area contributed by atoms with Crippen LogP contribution in [0.4, 0.5) is 18.9 Å². The Labute approximate surface area is 205 Å². The SMILES string of the molecule is C[C@@]1(c2nc3nccc(C4CCN(C(=O)c5ccc(OC(F)(F)F)cc5N)CC4)c3[nH]2)CNCCO1. The van der Waals surface area contributed by atoms with Crippen LogP contribution in [0.3, 0.4) is 0 Å². The van der Waals surface area contributed by atoms with Crippen molar-refractivity contribution in [2.75, 3.05) is 38.5 Å². The van der Waals surface area contributed by atoms with Gasteiger partial charge in [-0.3, -0.25) is 4.79 Å². The second kappa shape index (κ2) is 9.25. The van der Waals surface area contributed by atoms with Gasteiger partial charge in [-0.2, -0.15) is 0 Å². The molecule has 0 bridgehead atoms. The van der Waals surface area contributed by atoms with Crippen molar-refractivity contribution in [3.63, 3.8) is 0 Å². The maximum Gasteiger partial charge on any atom is 0.573 e. The topological polar surface area (TPSA) is 118 Å². The van der Waals surface area contributed by atoms with E-state index in [9.17, 15) is 18.0 Å². The molecule has 1 atom stereocenters. The van der Waals surface area contributed by atoms with Crippen LogP contribution in [0, 0.1) is 0 Å². The highest BCUT2D eigenvalue weighted by Gasteiger charge is 2.35. The van der Waals surface area contributed by atoms with Gasteiger partial charge in [0, 0.05) is 44.1 Å². The molecule has 2 aliphatic heterocycles. The molecule has 192 valence electrons. The third-order valence-electron chi connectivity index (χ3n) is 6.80. The number of alkyl halides is 3. The number of halogens is 3. The van der Waals surface area contributed by atoms with Crippen LogP contribution in [0.25, 0.3) is 11.2 Å². The van der Waals surface area contributed by atoms with E-state index >= 15 is 0 Å². The highest BCUT2D eigenvalue weighted by molar-refractivity contribution is 5.99. The normalized spacial score (nSPS) is 21.6. The van der Waals surface area contributed by atoms with Crippen molar-refractivity contribution < 1.29 is 27.4 Å². The number of piperidine rings is 1. The van der Waals surface area contributed by atoms with E-state index in [4.69, 9.17) is 15.5 Å². The number of anilines is 1. The van der Waals surface area contributed by atoms with Gasteiger partial charge < -0.3 is 30.4 Å². The second-order valence-corrected chi connectivity index (χ2v) is 9.30. The third kappa shape index (κ3) is 4.82. The summed E-state index contributed by atoms with van der Waals surface area (Å²) >= 11 is 0. The Balaban J connectivity index is 1.29. The van der Waals surface area contributed by atoms with Gasteiger partial charge in [0.25, 0.3) is 5.91 Å². The first kappa shape index (κ1) is 24.3. The first-order chi connectivity index (χ1) is 17.1. The number of hydrogen-bond donors (Lipinski definition) is 3. The van der Waals surface area contributed by atoms with Gasteiger partial charge in [-0.15, -0.1) is 13.2 Å². The maximum atomic E-state index is 13.0. The van der Waals surface area contributed by atoms with Crippen molar-refractivity contribution in [1.29, 1.82) is 0 Å². The molecule has 1 aromatic carbocycles. The lowest BCUT2D eigenvalue weighted by Crippen LogP contribution is -2.46. The van der Waals surface area contributed by atoms with Crippen molar-refractivity contribution >= 4 is 22.8 Å². The number of H-pyrrole nitrogens is 1. The van der Waals surface area contributed by atoms with Crippen LogP contribution in [0.1, 0.15) is 47.4 Å². The molecule has 4 heterocycles. The predicted octanol–water partition coefficient (Wildman–Crippen LogP) is 3.29. The van der Waals surface area contributed by atoms with E-state index in [2.05, 4.69) is 20.0 Å². The van der Waals surface area contributed by atoms with Crippen LogP contribution in [0.15, 0.2) is 30.5 Å². The van der Waals surface area contributed by atoms with Gasteiger partial charge in [-0.1, -0.05) is 0 Å². The molecule has 9 nitrogen and oxygen atoms in total. The molecule has 1 amide bonds. The Bertz CT molecular complexity index is 1260. The minimum atomic E-state index is -4.83. The number of carbonyl (C=O) groups is 1. The lowest BCUT2D eigenvalue weighted by Gasteiger charge is -2.33. The summed E-state index contributed by atoms with van der Waals surface area (Å²) in [4.78, 5) is 27.3. The van der Waals surface area contributed by atoms with Gasteiger partial charge in [0.1, 0.15) is 17.2 Å². The molecule has 3 aromatic rings. The molecule has 0 radical (unpaired) electrons. The largest absolute Gasteiger partial charge is 0.573 e. The minimum absolute atomic E-state index is 0.0578. The number of imidazole rings is 1. The first-order valence-corrected chi connectivity index (χ1v) is 11.8. The Kier molecular flexibility index (Phi) is 6.25. The van der Waals surface area contributed by atoms with Gasteiger partial charge in [0.2, 0.25) is 0 Å². The summed E-state index contributed by atoms with van der Waals surface area (Å²) in [7, 11) is 0. The number of nitrogens with zero attached hydrogens (tertiary/aromatic N) is 3. The average molecular weight is 505 g/mol. The Morgan fingerprint density at radius 3 is 2.72 bits per heavy atom. The van der Waals surface area contributed by atoms with E-state index in [1.807, 2.05) is 13.0 Å². The van der Waals surface area contributed by atoms with E-state index < -0.39 is 17.7 Å². The van der Waals surface area contributed by atoms with E-state index in [0.717, 1.165) is 35.6 Å². The van der Waals surface area contributed by atoms with Crippen LogP contribution in [-0.4, -0.2) is 64.9 Å². The van der Waals surface area contributed by atoms with Crippen LogP contribution in [0.2, 0.25) is 0 Å². The van der Waals surface area contributed by atoms with E-state index in [-0.39, 0.29) is 23.1 Å². The zero-order valence-electron chi connectivity index (χ0n) is 19.7. The fourth-order valence-electron chi connectivity index (χ4n) is 4.90. The molecule has 0 aliphatic carbocycles.